The van der Waals surface area contributed by atoms with E-state index in [1.165, 1.54) is 12.1 Å². The van der Waals surface area contributed by atoms with E-state index in [4.69, 9.17) is 11.6 Å². The molecule has 1 aromatic heterocycles. The highest BCUT2D eigenvalue weighted by Gasteiger charge is 2.16. The van der Waals surface area contributed by atoms with E-state index in [0.29, 0.717) is 6.07 Å². The summed E-state index contributed by atoms with van der Waals surface area (Å²) in [5.41, 5.74) is -0.780. The molecule has 0 aliphatic heterocycles. The number of aromatic nitrogens is 2. The van der Waals surface area contributed by atoms with Crippen molar-refractivity contribution >= 4 is 29.0 Å². The van der Waals surface area contributed by atoms with Crippen molar-refractivity contribution in [2.24, 2.45) is 0 Å². The van der Waals surface area contributed by atoms with Gasteiger partial charge in [-0.2, -0.15) is 0 Å². The number of nitro benzene ring substituents is 1. The SMILES string of the molecule is O=C(Nc1ccc(Cl)nn1)c1ccc([N+](=O)[O-])cc1F. The summed E-state index contributed by atoms with van der Waals surface area (Å²) in [6, 6.07) is 5.51. The van der Waals surface area contributed by atoms with Gasteiger partial charge in [0.1, 0.15) is 5.82 Å². The minimum atomic E-state index is -1.00. The second-order valence-electron chi connectivity index (χ2n) is 3.62. The lowest BCUT2D eigenvalue weighted by Gasteiger charge is -2.04. The topological polar surface area (TPSA) is 98.0 Å². The lowest BCUT2D eigenvalue weighted by molar-refractivity contribution is -0.385. The number of halogens is 2. The number of carbonyl (C=O) groups is 1. The van der Waals surface area contributed by atoms with Crippen LogP contribution in [0.5, 0.6) is 0 Å². The summed E-state index contributed by atoms with van der Waals surface area (Å²) in [6.45, 7) is 0. The number of anilines is 1. The third-order valence-corrected chi connectivity index (χ3v) is 2.48. The molecule has 0 saturated heterocycles. The Morgan fingerprint density at radius 3 is 2.60 bits per heavy atom. The second-order valence-corrected chi connectivity index (χ2v) is 4.00. The smallest absolute Gasteiger partial charge is 0.272 e. The third kappa shape index (κ3) is 3.04. The van der Waals surface area contributed by atoms with Gasteiger partial charge in [0.15, 0.2) is 11.0 Å². The number of hydrogen-bond acceptors (Lipinski definition) is 5. The van der Waals surface area contributed by atoms with E-state index >= 15 is 0 Å². The molecule has 0 aliphatic carbocycles. The third-order valence-electron chi connectivity index (χ3n) is 2.28. The van der Waals surface area contributed by atoms with Crippen LogP contribution < -0.4 is 5.32 Å². The number of carbonyl (C=O) groups excluding carboxylic acids is 1. The molecular formula is C11H6ClFN4O3. The number of nitro groups is 1. The maximum Gasteiger partial charge on any atom is 0.272 e. The Balaban J connectivity index is 2.21. The van der Waals surface area contributed by atoms with E-state index < -0.39 is 22.3 Å². The van der Waals surface area contributed by atoms with Crippen molar-refractivity contribution in [2.45, 2.75) is 0 Å². The van der Waals surface area contributed by atoms with E-state index in [9.17, 15) is 19.3 Å². The Morgan fingerprint density at radius 1 is 1.30 bits per heavy atom. The highest BCUT2D eigenvalue weighted by Crippen LogP contribution is 2.17. The van der Waals surface area contributed by atoms with Crippen molar-refractivity contribution in [3.05, 3.63) is 57.0 Å². The van der Waals surface area contributed by atoms with Gasteiger partial charge in [-0.15, -0.1) is 10.2 Å². The van der Waals surface area contributed by atoms with Gasteiger partial charge in [-0.1, -0.05) is 11.6 Å². The van der Waals surface area contributed by atoms with Crippen molar-refractivity contribution in [1.82, 2.24) is 10.2 Å². The summed E-state index contributed by atoms with van der Waals surface area (Å²) in [4.78, 5) is 21.5. The van der Waals surface area contributed by atoms with E-state index in [0.717, 1.165) is 12.1 Å². The monoisotopic (exact) mass is 296 g/mol. The first kappa shape index (κ1) is 13.8. The van der Waals surface area contributed by atoms with Crippen LogP contribution in [0.3, 0.4) is 0 Å². The molecule has 1 heterocycles. The van der Waals surface area contributed by atoms with Gasteiger partial charge in [-0.25, -0.2) is 4.39 Å². The van der Waals surface area contributed by atoms with Gasteiger partial charge in [0.05, 0.1) is 16.6 Å². The van der Waals surface area contributed by atoms with E-state index in [1.807, 2.05) is 0 Å². The highest BCUT2D eigenvalue weighted by molar-refractivity contribution is 6.29. The Hall–Kier alpha value is -2.61. The average Bonchev–Trinajstić information content (AvgIpc) is 2.41. The molecule has 7 nitrogen and oxygen atoms in total. The molecule has 102 valence electrons. The summed E-state index contributed by atoms with van der Waals surface area (Å²) >= 11 is 5.53. The van der Waals surface area contributed by atoms with Crippen molar-refractivity contribution in [1.29, 1.82) is 0 Å². The fraction of sp³-hybridized carbons (Fsp3) is 0. The van der Waals surface area contributed by atoms with Crippen LogP contribution in [-0.2, 0) is 0 Å². The predicted molar refractivity (Wildman–Crippen MR) is 68.0 cm³/mol. The predicted octanol–water partition coefficient (Wildman–Crippen LogP) is 2.43. The molecule has 1 N–H and O–H groups in total. The first-order chi connectivity index (χ1) is 9.47. The minimum absolute atomic E-state index is 0.0807. The Labute approximate surface area is 116 Å². The van der Waals surface area contributed by atoms with E-state index in [2.05, 4.69) is 15.5 Å². The van der Waals surface area contributed by atoms with Gasteiger partial charge < -0.3 is 5.32 Å². The number of benzene rings is 1. The Bertz CT molecular complexity index is 678. The van der Waals surface area contributed by atoms with Gasteiger partial charge >= 0.3 is 0 Å². The lowest BCUT2D eigenvalue weighted by Crippen LogP contribution is -2.15. The summed E-state index contributed by atoms with van der Waals surface area (Å²) < 4.78 is 13.6. The summed E-state index contributed by atoms with van der Waals surface area (Å²) in [5.74, 6) is -1.72. The molecule has 0 unspecified atom stereocenters. The average molecular weight is 297 g/mol. The number of nitrogens with zero attached hydrogens (tertiary/aromatic N) is 3. The van der Waals surface area contributed by atoms with Crippen LogP contribution in [0.2, 0.25) is 5.15 Å². The molecule has 0 bridgehead atoms. The molecule has 0 fully saturated rings. The van der Waals surface area contributed by atoms with Crippen LogP contribution >= 0.6 is 11.6 Å². The normalized spacial score (nSPS) is 10.1. The maximum absolute atomic E-state index is 13.6. The Kier molecular flexibility index (Phi) is 3.85. The summed E-state index contributed by atoms with van der Waals surface area (Å²) in [6.07, 6.45) is 0. The molecule has 0 radical (unpaired) electrons. The van der Waals surface area contributed by atoms with Crippen molar-refractivity contribution in [3.8, 4) is 0 Å². The van der Waals surface area contributed by atoms with E-state index in [1.54, 1.807) is 0 Å². The Morgan fingerprint density at radius 2 is 2.05 bits per heavy atom. The first-order valence-corrected chi connectivity index (χ1v) is 5.59. The molecule has 0 aliphatic rings. The van der Waals surface area contributed by atoms with Crippen LogP contribution in [-0.4, -0.2) is 21.0 Å². The first-order valence-electron chi connectivity index (χ1n) is 5.22. The molecule has 2 rings (SSSR count). The highest BCUT2D eigenvalue weighted by atomic mass is 35.5. The van der Waals surface area contributed by atoms with Crippen LogP contribution in [0.15, 0.2) is 30.3 Å². The number of non-ortho nitro benzene ring substituents is 1. The van der Waals surface area contributed by atoms with Crippen molar-refractivity contribution < 1.29 is 14.1 Å². The fourth-order valence-electron chi connectivity index (χ4n) is 1.37. The largest absolute Gasteiger partial charge is 0.305 e. The van der Waals surface area contributed by atoms with Crippen LogP contribution in [0.1, 0.15) is 10.4 Å². The quantitative estimate of drug-likeness (QED) is 0.693. The van der Waals surface area contributed by atoms with Crippen LogP contribution in [0, 0.1) is 15.9 Å². The zero-order chi connectivity index (χ0) is 14.7. The molecule has 0 atom stereocenters. The fourth-order valence-corrected chi connectivity index (χ4v) is 1.47. The van der Waals surface area contributed by atoms with Gasteiger partial charge in [0.25, 0.3) is 11.6 Å². The number of amides is 1. The molecule has 0 saturated carbocycles. The summed E-state index contributed by atoms with van der Waals surface area (Å²) in [7, 11) is 0. The second kappa shape index (κ2) is 5.57. The standard InChI is InChI=1S/C11H6ClFN4O3/c12-9-3-4-10(16-15-9)14-11(18)7-2-1-6(17(19)20)5-8(7)13/h1-5H,(H,14,16,18). The van der Waals surface area contributed by atoms with Gasteiger partial charge in [0.2, 0.25) is 0 Å². The zero-order valence-electron chi connectivity index (χ0n) is 9.71. The summed E-state index contributed by atoms with van der Waals surface area (Å²) in [5, 5.41) is 20.0. The van der Waals surface area contributed by atoms with Crippen LogP contribution in [0.25, 0.3) is 0 Å². The molecule has 1 amide bonds. The molecule has 1 aromatic carbocycles. The molecule has 20 heavy (non-hydrogen) atoms. The molecule has 2 aromatic rings. The maximum atomic E-state index is 13.6. The molecular weight excluding hydrogens is 291 g/mol. The number of nitrogens with one attached hydrogen (secondary N) is 1. The number of rotatable bonds is 3. The zero-order valence-corrected chi connectivity index (χ0v) is 10.5. The van der Waals surface area contributed by atoms with Gasteiger partial charge in [-0.05, 0) is 18.2 Å². The molecule has 9 heteroatoms. The van der Waals surface area contributed by atoms with Crippen molar-refractivity contribution in [3.63, 3.8) is 0 Å². The van der Waals surface area contributed by atoms with Gasteiger partial charge in [-0.3, -0.25) is 14.9 Å². The van der Waals surface area contributed by atoms with Crippen molar-refractivity contribution in [2.75, 3.05) is 5.32 Å². The van der Waals surface area contributed by atoms with E-state index in [-0.39, 0.29) is 16.5 Å². The van der Waals surface area contributed by atoms with Crippen LogP contribution in [0.4, 0.5) is 15.9 Å². The number of hydrogen-bond donors (Lipinski definition) is 1. The van der Waals surface area contributed by atoms with Gasteiger partial charge in [0, 0.05) is 6.07 Å². The minimum Gasteiger partial charge on any atom is -0.305 e. The molecule has 0 spiro atoms. The lowest BCUT2D eigenvalue weighted by atomic mass is 10.2.